The van der Waals surface area contributed by atoms with Gasteiger partial charge in [-0.1, -0.05) is 6.92 Å². The van der Waals surface area contributed by atoms with Crippen LogP contribution in [0, 0.1) is 5.92 Å². The van der Waals surface area contributed by atoms with Crippen molar-refractivity contribution in [2.24, 2.45) is 11.7 Å². The maximum absolute atomic E-state index is 12.8. The van der Waals surface area contributed by atoms with Crippen molar-refractivity contribution < 1.29 is 23.9 Å². The van der Waals surface area contributed by atoms with E-state index in [1.807, 2.05) is 13.8 Å². The van der Waals surface area contributed by atoms with Gasteiger partial charge in [-0.3, -0.25) is 14.3 Å². The van der Waals surface area contributed by atoms with Crippen molar-refractivity contribution in [2.45, 2.75) is 46.1 Å². The van der Waals surface area contributed by atoms with Gasteiger partial charge in [0.1, 0.15) is 5.69 Å². The molecule has 0 unspecified atom stereocenters. The number of aryl methyl sites for hydroxylation is 1. The summed E-state index contributed by atoms with van der Waals surface area (Å²) in [4.78, 5) is 36.4. The van der Waals surface area contributed by atoms with Gasteiger partial charge in [0.05, 0.1) is 17.9 Å². The third-order valence-corrected chi connectivity index (χ3v) is 5.56. The van der Waals surface area contributed by atoms with E-state index in [1.165, 1.54) is 24.3 Å². The first-order valence-corrected chi connectivity index (χ1v) is 11.4. The Morgan fingerprint density at radius 2 is 1.91 bits per heavy atom. The van der Waals surface area contributed by atoms with E-state index in [-0.39, 0.29) is 18.4 Å². The zero-order valence-corrected chi connectivity index (χ0v) is 19.3. The number of nitrogens with zero attached hydrogens (tertiary/aromatic N) is 2. The number of benzene rings is 1. The van der Waals surface area contributed by atoms with Crippen LogP contribution in [0.3, 0.4) is 0 Å². The molecule has 1 aromatic heterocycles. The van der Waals surface area contributed by atoms with Gasteiger partial charge in [0.15, 0.2) is 0 Å². The topological polar surface area (TPSA) is 126 Å². The lowest BCUT2D eigenvalue weighted by molar-refractivity contribution is 0.0448. The zero-order valence-electron chi connectivity index (χ0n) is 19.3. The second kappa shape index (κ2) is 11.6. The van der Waals surface area contributed by atoms with Crippen LogP contribution in [0.5, 0.6) is 0 Å². The molecule has 0 bridgehead atoms. The van der Waals surface area contributed by atoms with Crippen molar-refractivity contribution in [3.8, 4) is 0 Å². The van der Waals surface area contributed by atoms with E-state index in [0.29, 0.717) is 56.0 Å². The van der Waals surface area contributed by atoms with Crippen LogP contribution in [-0.2, 0) is 28.9 Å². The van der Waals surface area contributed by atoms with Crippen molar-refractivity contribution in [3.63, 3.8) is 0 Å². The molecule has 0 radical (unpaired) electrons. The van der Waals surface area contributed by atoms with Gasteiger partial charge >= 0.3 is 5.97 Å². The predicted octanol–water partition coefficient (Wildman–Crippen LogP) is 2.12. The van der Waals surface area contributed by atoms with Gasteiger partial charge in [0.25, 0.3) is 5.91 Å². The van der Waals surface area contributed by atoms with Gasteiger partial charge in [-0.05, 0) is 62.8 Å². The Bertz CT molecular complexity index is 983. The average molecular weight is 457 g/mol. The summed E-state index contributed by atoms with van der Waals surface area (Å²) < 4.78 is 12.9. The Labute approximate surface area is 193 Å². The molecular weight excluding hydrogens is 424 g/mol. The van der Waals surface area contributed by atoms with E-state index in [0.717, 1.165) is 24.1 Å². The van der Waals surface area contributed by atoms with E-state index in [1.54, 1.807) is 4.68 Å². The quantitative estimate of drug-likeness (QED) is 0.615. The number of carbonyl (C=O) groups excluding carboxylic acids is 3. The molecule has 0 aliphatic carbocycles. The maximum atomic E-state index is 12.8. The van der Waals surface area contributed by atoms with Crippen LogP contribution in [0.15, 0.2) is 24.3 Å². The second-order valence-corrected chi connectivity index (χ2v) is 8.26. The molecular formula is C24H32N4O5. The molecule has 1 atom stereocenters. The first-order valence-electron chi connectivity index (χ1n) is 11.4. The number of fused-ring (bicyclic) bond motifs is 1. The Morgan fingerprint density at radius 1 is 1.21 bits per heavy atom. The summed E-state index contributed by atoms with van der Waals surface area (Å²) in [6, 6.07) is 6.04. The number of aromatic nitrogens is 2. The monoisotopic (exact) mass is 456 g/mol. The van der Waals surface area contributed by atoms with Gasteiger partial charge in [-0.2, -0.15) is 5.10 Å². The normalized spacial score (nSPS) is 15.6. The van der Waals surface area contributed by atoms with Gasteiger partial charge in [-0.15, -0.1) is 0 Å². The molecule has 3 rings (SSSR count). The average Bonchev–Trinajstić information content (AvgIpc) is 3.14. The first-order chi connectivity index (χ1) is 15.9. The Balaban J connectivity index is 1.68. The van der Waals surface area contributed by atoms with Crippen LogP contribution >= 0.6 is 0 Å². The predicted molar refractivity (Wildman–Crippen MR) is 122 cm³/mol. The van der Waals surface area contributed by atoms with E-state index in [9.17, 15) is 14.4 Å². The fourth-order valence-corrected chi connectivity index (χ4v) is 3.83. The molecule has 0 spiro atoms. The van der Waals surface area contributed by atoms with Crippen molar-refractivity contribution in [3.05, 3.63) is 52.3 Å². The summed E-state index contributed by atoms with van der Waals surface area (Å²) in [5, 5.41) is 7.68. The van der Waals surface area contributed by atoms with Crippen molar-refractivity contribution >= 4 is 17.8 Å². The van der Waals surface area contributed by atoms with Gasteiger partial charge in [0, 0.05) is 37.4 Å². The molecule has 9 heteroatoms. The van der Waals surface area contributed by atoms with Gasteiger partial charge in [-0.25, -0.2) is 4.79 Å². The lowest BCUT2D eigenvalue weighted by Gasteiger charge is -2.12. The van der Waals surface area contributed by atoms with Crippen LogP contribution < -0.4 is 11.1 Å². The first kappa shape index (κ1) is 24.4. The Morgan fingerprint density at radius 3 is 2.61 bits per heavy atom. The lowest BCUT2D eigenvalue weighted by Crippen LogP contribution is -2.28. The summed E-state index contributed by atoms with van der Waals surface area (Å²) >= 11 is 0. The van der Waals surface area contributed by atoms with E-state index >= 15 is 0 Å². The number of primary amides is 1. The molecule has 1 aliphatic heterocycles. The van der Waals surface area contributed by atoms with Crippen LogP contribution in [0.2, 0.25) is 0 Å². The minimum atomic E-state index is -0.549. The molecule has 2 aromatic rings. The molecule has 9 nitrogen and oxygen atoms in total. The SMILES string of the molecule is CCn1nc(C[C@@H](C)COC(=O)c2ccc(C(N)=O)cc2)c2c1C(=O)NCCCOCCC2. The summed E-state index contributed by atoms with van der Waals surface area (Å²) in [6.45, 7) is 6.59. The van der Waals surface area contributed by atoms with E-state index in [4.69, 9.17) is 20.3 Å². The number of esters is 1. The van der Waals surface area contributed by atoms with Crippen LogP contribution in [-0.4, -0.2) is 53.9 Å². The third-order valence-electron chi connectivity index (χ3n) is 5.56. The van der Waals surface area contributed by atoms with Crippen molar-refractivity contribution in [2.75, 3.05) is 26.4 Å². The fourth-order valence-electron chi connectivity index (χ4n) is 3.83. The van der Waals surface area contributed by atoms with Crippen LogP contribution in [0.25, 0.3) is 0 Å². The fraction of sp³-hybridized carbons (Fsp3) is 0.500. The van der Waals surface area contributed by atoms with Gasteiger partial charge < -0.3 is 20.5 Å². The number of nitrogens with one attached hydrogen (secondary N) is 1. The van der Waals surface area contributed by atoms with E-state index < -0.39 is 11.9 Å². The molecule has 0 saturated heterocycles. The standard InChI is InChI=1S/C24H32N4O5/c1-3-28-21-19(6-4-12-32-13-5-11-26-23(21)30)20(27-28)14-16(2)15-33-24(31)18-9-7-17(8-10-18)22(25)29/h7-10,16H,3-6,11-15H2,1-2H3,(H2,25,29)(H,26,30)/t16-/m1/s1. The smallest absolute Gasteiger partial charge is 0.338 e. The highest BCUT2D eigenvalue weighted by Gasteiger charge is 2.24. The largest absolute Gasteiger partial charge is 0.462 e. The van der Waals surface area contributed by atoms with Gasteiger partial charge in [0.2, 0.25) is 5.91 Å². The summed E-state index contributed by atoms with van der Waals surface area (Å²) in [5.41, 5.74) is 8.34. The van der Waals surface area contributed by atoms with E-state index in [2.05, 4.69) is 5.32 Å². The number of ether oxygens (including phenoxy) is 2. The minimum Gasteiger partial charge on any atom is -0.462 e. The number of amides is 2. The Kier molecular flexibility index (Phi) is 8.59. The molecule has 2 amide bonds. The van der Waals surface area contributed by atoms with Crippen molar-refractivity contribution in [1.29, 1.82) is 0 Å². The Hall–Kier alpha value is -3.20. The summed E-state index contributed by atoms with van der Waals surface area (Å²) in [5.74, 6) is -1.12. The highest BCUT2D eigenvalue weighted by Crippen LogP contribution is 2.21. The minimum absolute atomic E-state index is 0.000596. The summed E-state index contributed by atoms with van der Waals surface area (Å²) in [7, 11) is 0. The molecule has 33 heavy (non-hydrogen) atoms. The molecule has 2 heterocycles. The molecule has 178 valence electrons. The zero-order chi connectivity index (χ0) is 23.8. The lowest BCUT2D eigenvalue weighted by atomic mass is 9.99. The number of rotatable bonds is 7. The highest BCUT2D eigenvalue weighted by molar-refractivity contribution is 5.95. The summed E-state index contributed by atoms with van der Waals surface area (Å²) in [6.07, 6.45) is 2.88. The maximum Gasteiger partial charge on any atom is 0.338 e. The molecule has 0 fully saturated rings. The van der Waals surface area contributed by atoms with Crippen LogP contribution in [0.4, 0.5) is 0 Å². The van der Waals surface area contributed by atoms with Crippen LogP contribution in [0.1, 0.15) is 69.2 Å². The second-order valence-electron chi connectivity index (χ2n) is 8.26. The molecule has 1 aromatic carbocycles. The number of carbonyl (C=O) groups is 3. The number of nitrogens with two attached hydrogens (primary N) is 1. The number of hydrogen-bond acceptors (Lipinski definition) is 6. The number of hydrogen-bond donors (Lipinski definition) is 2. The molecule has 0 saturated carbocycles. The molecule has 1 aliphatic rings. The third kappa shape index (κ3) is 6.41. The highest BCUT2D eigenvalue weighted by atomic mass is 16.5. The van der Waals surface area contributed by atoms with Crippen molar-refractivity contribution in [1.82, 2.24) is 15.1 Å². The molecule has 3 N–H and O–H groups in total.